The maximum atomic E-state index is 11.1. The van der Waals surface area contributed by atoms with Crippen molar-refractivity contribution in [2.24, 2.45) is 5.73 Å². The molecule has 0 spiro atoms. The van der Waals surface area contributed by atoms with Gasteiger partial charge in [-0.05, 0) is 64.7 Å². The normalized spacial score (nSPS) is 11.2. The fourth-order valence-corrected chi connectivity index (χ4v) is 3.81. The second kappa shape index (κ2) is 8.51. The average molecular weight is 428 g/mol. The van der Waals surface area contributed by atoms with E-state index >= 15 is 0 Å². The molecule has 0 aliphatic heterocycles. The largest absolute Gasteiger partial charge is 0.493 e. The monoisotopic (exact) mass is 428 g/mol. The van der Waals surface area contributed by atoms with Crippen molar-refractivity contribution < 1.29 is 19.0 Å². The van der Waals surface area contributed by atoms with E-state index in [1.54, 1.807) is 27.4 Å². The van der Waals surface area contributed by atoms with Gasteiger partial charge in [-0.3, -0.25) is 4.79 Å². The fourth-order valence-electron chi connectivity index (χ4n) is 3.81. The Bertz CT molecular complexity index is 1360. The number of benzene rings is 3. The van der Waals surface area contributed by atoms with Crippen LogP contribution in [-0.2, 0) is 4.79 Å². The summed E-state index contributed by atoms with van der Waals surface area (Å²) < 4.78 is 16.4. The van der Waals surface area contributed by atoms with Gasteiger partial charge in [-0.2, -0.15) is 0 Å². The first-order valence-corrected chi connectivity index (χ1v) is 9.97. The molecule has 0 radical (unpaired) electrons. The van der Waals surface area contributed by atoms with Crippen LogP contribution in [-0.4, -0.2) is 32.2 Å². The molecule has 1 heterocycles. The number of aromatic nitrogens is 1. The molecule has 0 fully saturated rings. The van der Waals surface area contributed by atoms with Crippen molar-refractivity contribution in [3.63, 3.8) is 0 Å². The van der Waals surface area contributed by atoms with E-state index in [0.717, 1.165) is 44.1 Å². The molecular formula is C26H24N2O4. The molecule has 0 aliphatic carbocycles. The zero-order valence-electron chi connectivity index (χ0n) is 18.2. The number of carbonyl (C=O) groups excluding carboxylic acids is 1. The highest BCUT2D eigenvalue weighted by molar-refractivity contribution is 6.09. The van der Waals surface area contributed by atoms with Crippen LogP contribution < -0.4 is 19.9 Å². The summed E-state index contributed by atoms with van der Waals surface area (Å²) in [5.74, 6) is 1.20. The first-order valence-electron chi connectivity index (χ1n) is 9.97. The van der Waals surface area contributed by atoms with Crippen molar-refractivity contribution in [2.75, 3.05) is 21.3 Å². The molecule has 0 saturated heterocycles. The number of hydrogen-bond acceptors (Lipinski definition) is 4. The van der Waals surface area contributed by atoms with Gasteiger partial charge in [0.2, 0.25) is 11.7 Å². The Labute approximate surface area is 185 Å². The van der Waals surface area contributed by atoms with E-state index in [9.17, 15) is 4.79 Å². The lowest BCUT2D eigenvalue weighted by atomic mass is 9.97. The first-order chi connectivity index (χ1) is 15.4. The Balaban J connectivity index is 1.81. The van der Waals surface area contributed by atoms with E-state index in [4.69, 9.17) is 19.9 Å². The molecule has 1 amide bonds. The van der Waals surface area contributed by atoms with Gasteiger partial charge in [-0.15, -0.1) is 0 Å². The van der Waals surface area contributed by atoms with Crippen molar-refractivity contribution in [1.82, 2.24) is 4.98 Å². The third-order valence-electron chi connectivity index (χ3n) is 5.42. The van der Waals surface area contributed by atoms with Crippen LogP contribution in [0.15, 0.2) is 61.2 Å². The molecule has 0 aliphatic rings. The Morgan fingerprint density at radius 2 is 1.50 bits per heavy atom. The maximum Gasteiger partial charge on any atom is 0.241 e. The minimum Gasteiger partial charge on any atom is -0.493 e. The Morgan fingerprint density at radius 1 is 0.875 bits per heavy atom. The van der Waals surface area contributed by atoms with Crippen LogP contribution in [0.2, 0.25) is 0 Å². The summed E-state index contributed by atoms with van der Waals surface area (Å²) in [5, 5.41) is 2.10. The van der Waals surface area contributed by atoms with Crippen molar-refractivity contribution >= 4 is 39.4 Å². The zero-order chi connectivity index (χ0) is 22.8. The highest BCUT2D eigenvalue weighted by Crippen LogP contribution is 2.41. The highest BCUT2D eigenvalue weighted by Gasteiger charge is 2.16. The van der Waals surface area contributed by atoms with Crippen LogP contribution in [0.4, 0.5) is 0 Å². The first kappa shape index (κ1) is 21.1. The van der Waals surface area contributed by atoms with E-state index in [2.05, 4.69) is 17.6 Å². The minimum atomic E-state index is -0.479. The molecule has 0 saturated carbocycles. The summed E-state index contributed by atoms with van der Waals surface area (Å²) in [7, 11) is 4.75. The number of methoxy groups -OCH3 is 3. The fraction of sp³-hybridized carbons (Fsp3) is 0.115. The summed E-state index contributed by atoms with van der Waals surface area (Å²) >= 11 is 0. The van der Waals surface area contributed by atoms with Gasteiger partial charge in [-0.1, -0.05) is 18.7 Å². The molecule has 32 heavy (non-hydrogen) atoms. The topological polar surface area (TPSA) is 86.6 Å². The summed E-state index contributed by atoms with van der Waals surface area (Å²) in [4.78, 5) is 14.5. The third-order valence-corrected chi connectivity index (χ3v) is 5.42. The van der Waals surface area contributed by atoms with Crippen LogP contribution in [0.1, 0.15) is 16.7 Å². The standard InChI is InChI=1S/C26H24N2O4/c1-15(18-13-23(30-2)26(32-4)24(14-18)31-3)17-7-9-22-20(12-17)19-11-16(6-10-25(27)29)5-8-21(19)28-22/h5-14,28H,1H2,2-4H3,(H2,27,29)/b10-6+. The molecule has 4 aromatic rings. The van der Waals surface area contributed by atoms with Gasteiger partial charge >= 0.3 is 0 Å². The molecule has 1 aromatic heterocycles. The Hall–Kier alpha value is -4.19. The van der Waals surface area contributed by atoms with Gasteiger partial charge in [0.25, 0.3) is 0 Å². The lowest BCUT2D eigenvalue weighted by Crippen LogP contribution is -2.04. The summed E-state index contributed by atoms with van der Waals surface area (Å²) in [5.41, 5.74) is 10.8. The number of H-pyrrole nitrogens is 1. The molecule has 6 heteroatoms. The Kier molecular flexibility index (Phi) is 5.60. The maximum absolute atomic E-state index is 11.1. The molecule has 4 rings (SSSR count). The molecule has 0 unspecified atom stereocenters. The Morgan fingerprint density at radius 3 is 2.09 bits per heavy atom. The number of hydrogen-bond donors (Lipinski definition) is 2. The van der Waals surface area contributed by atoms with Crippen LogP contribution in [0, 0.1) is 0 Å². The summed E-state index contributed by atoms with van der Waals surface area (Å²) in [6.45, 7) is 4.31. The molecule has 3 N–H and O–H groups in total. The van der Waals surface area contributed by atoms with Crippen LogP contribution >= 0.6 is 0 Å². The number of carbonyl (C=O) groups is 1. The lowest BCUT2D eigenvalue weighted by molar-refractivity contribution is -0.113. The third kappa shape index (κ3) is 3.78. The van der Waals surface area contributed by atoms with Gasteiger partial charge in [-0.25, -0.2) is 0 Å². The van der Waals surface area contributed by atoms with Crippen molar-refractivity contribution in [3.05, 3.63) is 77.9 Å². The number of nitrogens with two attached hydrogens (primary N) is 1. The molecule has 3 aromatic carbocycles. The number of aromatic amines is 1. The second-order valence-electron chi connectivity index (χ2n) is 7.32. The highest BCUT2D eigenvalue weighted by atomic mass is 16.5. The van der Waals surface area contributed by atoms with Gasteiger partial charge in [0, 0.05) is 27.9 Å². The molecule has 0 atom stereocenters. The van der Waals surface area contributed by atoms with Gasteiger partial charge in [0.15, 0.2) is 11.5 Å². The van der Waals surface area contributed by atoms with E-state index in [-0.39, 0.29) is 0 Å². The second-order valence-corrected chi connectivity index (χ2v) is 7.32. The number of ether oxygens (including phenoxy) is 3. The predicted octanol–water partition coefficient (Wildman–Crippen LogP) is 4.91. The predicted molar refractivity (Wildman–Crippen MR) is 128 cm³/mol. The zero-order valence-corrected chi connectivity index (χ0v) is 18.2. The van der Waals surface area contributed by atoms with Crippen molar-refractivity contribution in [3.8, 4) is 17.2 Å². The van der Waals surface area contributed by atoms with E-state index in [1.807, 2.05) is 42.5 Å². The van der Waals surface area contributed by atoms with Gasteiger partial charge in [0.05, 0.1) is 21.3 Å². The molecule has 6 nitrogen and oxygen atoms in total. The van der Waals surface area contributed by atoms with Crippen molar-refractivity contribution in [2.45, 2.75) is 0 Å². The van der Waals surface area contributed by atoms with Crippen LogP contribution in [0.5, 0.6) is 17.2 Å². The lowest BCUT2D eigenvalue weighted by Gasteiger charge is -2.15. The number of fused-ring (bicyclic) bond motifs is 3. The van der Waals surface area contributed by atoms with Gasteiger partial charge in [0.1, 0.15) is 0 Å². The van der Waals surface area contributed by atoms with Crippen LogP contribution in [0.3, 0.4) is 0 Å². The molecule has 0 bridgehead atoms. The van der Waals surface area contributed by atoms with E-state index < -0.39 is 5.91 Å². The van der Waals surface area contributed by atoms with Gasteiger partial charge < -0.3 is 24.9 Å². The SMILES string of the molecule is C=C(c1cc(OC)c(OC)c(OC)c1)c1ccc2[nH]c3ccc(/C=C/C(N)=O)cc3c2c1. The quantitative estimate of drug-likeness (QED) is 0.410. The number of amides is 1. The molecule has 162 valence electrons. The number of primary amides is 1. The van der Waals surface area contributed by atoms with E-state index in [0.29, 0.717) is 17.2 Å². The smallest absolute Gasteiger partial charge is 0.241 e. The molecular weight excluding hydrogens is 404 g/mol. The van der Waals surface area contributed by atoms with Crippen LogP contribution in [0.25, 0.3) is 33.5 Å². The number of rotatable bonds is 7. The van der Waals surface area contributed by atoms with E-state index in [1.165, 1.54) is 6.08 Å². The van der Waals surface area contributed by atoms with Crippen molar-refractivity contribution in [1.29, 1.82) is 0 Å². The summed E-state index contributed by atoms with van der Waals surface area (Å²) in [6.07, 6.45) is 3.06. The average Bonchev–Trinajstić information content (AvgIpc) is 3.18. The minimum absolute atomic E-state index is 0.479. The summed E-state index contributed by atoms with van der Waals surface area (Å²) in [6, 6.07) is 15.9. The number of nitrogens with one attached hydrogen (secondary N) is 1.